The molecule has 2 aliphatic carbocycles. The number of hydrogen-bond acceptors (Lipinski definition) is 8. The summed E-state index contributed by atoms with van der Waals surface area (Å²) in [5.74, 6) is 1.10. The van der Waals surface area contributed by atoms with Crippen LogP contribution in [0.5, 0.6) is 5.75 Å². The quantitative estimate of drug-likeness (QED) is 0.190. The zero-order valence-electron chi connectivity index (χ0n) is 21.5. The van der Waals surface area contributed by atoms with Crippen molar-refractivity contribution in [2.45, 2.75) is 69.2 Å². The van der Waals surface area contributed by atoms with Crippen LogP contribution >= 0.6 is 23.1 Å². The maximum absolute atomic E-state index is 12.9. The fourth-order valence-corrected chi connectivity index (χ4v) is 7.09. The standard InChI is InChI=1S/C28H32N4O4S2/c1-3-16-32-25(18-12-14-20(15-13-18)36-19-8-4-5-9-19)30-31-28(32)37-17-23(33)29-26-24(27(34)35-2)21-10-6-7-11-22(21)38-26/h3,12-15,19H,1,4-11,16-17H2,2H3,(H,29,33). The van der Waals surface area contributed by atoms with Gasteiger partial charge in [0.05, 0.1) is 24.5 Å². The highest BCUT2D eigenvalue weighted by Crippen LogP contribution is 2.38. The Morgan fingerprint density at radius 1 is 1.16 bits per heavy atom. The topological polar surface area (TPSA) is 95.3 Å². The molecule has 10 heteroatoms. The van der Waals surface area contributed by atoms with Gasteiger partial charge in [0.1, 0.15) is 10.8 Å². The third kappa shape index (κ3) is 5.81. The number of ether oxygens (including phenoxy) is 2. The first-order chi connectivity index (χ1) is 18.6. The van der Waals surface area contributed by atoms with E-state index in [2.05, 4.69) is 22.1 Å². The molecule has 1 fully saturated rings. The second-order valence-corrected chi connectivity index (χ2v) is 11.5. The summed E-state index contributed by atoms with van der Waals surface area (Å²) >= 11 is 2.78. The maximum atomic E-state index is 12.9. The Kier molecular flexibility index (Phi) is 8.48. The summed E-state index contributed by atoms with van der Waals surface area (Å²) in [7, 11) is 1.37. The summed E-state index contributed by atoms with van der Waals surface area (Å²) in [5, 5.41) is 12.9. The molecule has 1 amide bonds. The molecule has 1 aromatic carbocycles. The molecule has 0 bridgehead atoms. The number of anilines is 1. The van der Waals surface area contributed by atoms with Crippen LogP contribution in [0.2, 0.25) is 0 Å². The third-order valence-electron chi connectivity index (χ3n) is 6.89. The Labute approximate surface area is 230 Å². The van der Waals surface area contributed by atoms with E-state index in [0.717, 1.165) is 60.3 Å². The molecule has 8 nitrogen and oxygen atoms in total. The lowest BCUT2D eigenvalue weighted by atomic mass is 9.95. The molecule has 2 heterocycles. The molecular formula is C28H32N4O4S2. The van der Waals surface area contributed by atoms with Crippen LogP contribution in [-0.2, 0) is 28.9 Å². The van der Waals surface area contributed by atoms with Gasteiger partial charge in [-0.1, -0.05) is 17.8 Å². The highest BCUT2D eigenvalue weighted by Gasteiger charge is 2.27. The lowest BCUT2D eigenvalue weighted by Crippen LogP contribution is -2.17. The molecule has 200 valence electrons. The summed E-state index contributed by atoms with van der Waals surface area (Å²) in [6, 6.07) is 7.92. The number of hydrogen-bond donors (Lipinski definition) is 1. The summed E-state index contributed by atoms with van der Waals surface area (Å²) < 4.78 is 13.0. The van der Waals surface area contributed by atoms with Gasteiger partial charge < -0.3 is 14.8 Å². The second-order valence-electron chi connectivity index (χ2n) is 9.50. The van der Waals surface area contributed by atoms with Gasteiger partial charge in [-0.25, -0.2) is 4.79 Å². The van der Waals surface area contributed by atoms with Crippen molar-refractivity contribution in [3.05, 3.63) is 52.9 Å². The molecule has 2 aliphatic rings. The molecule has 0 unspecified atom stereocenters. The van der Waals surface area contributed by atoms with E-state index in [0.29, 0.717) is 34.2 Å². The number of nitrogens with zero attached hydrogens (tertiary/aromatic N) is 3. The van der Waals surface area contributed by atoms with Crippen molar-refractivity contribution in [3.8, 4) is 17.1 Å². The summed E-state index contributed by atoms with van der Waals surface area (Å²) in [5.41, 5.74) is 2.44. The van der Waals surface area contributed by atoms with E-state index in [9.17, 15) is 9.59 Å². The molecule has 3 aromatic rings. The normalized spacial score (nSPS) is 15.2. The van der Waals surface area contributed by atoms with E-state index < -0.39 is 5.97 Å². The fourth-order valence-electron chi connectivity index (χ4n) is 5.05. The molecule has 0 spiro atoms. The van der Waals surface area contributed by atoms with Gasteiger partial charge in [0, 0.05) is 17.0 Å². The predicted octanol–water partition coefficient (Wildman–Crippen LogP) is 5.91. The zero-order valence-corrected chi connectivity index (χ0v) is 23.2. The number of benzene rings is 1. The predicted molar refractivity (Wildman–Crippen MR) is 150 cm³/mol. The monoisotopic (exact) mass is 552 g/mol. The number of methoxy groups -OCH3 is 1. The van der Waals surface area contributed by atoms with Gasteiger partial charge in [0.2, 0.25) is 5.91 Å². The highest BCUT2D eigenvalue weighted by molar-refractivity contribution is 7.99. The minimum Gasteiger partial charge on any atom is -0.490 e. The number of aromatic nitrogens is 3. The Morgan fingerprint density at radius 3 is 2.66 bits per heavy atom. The van der Waals surface area contributed by atoms with Crippen molar-refractivity contribution in [2.75, 3.05) is 18.2 Å². The first-order valence-corrected chi connectivity index (χ1v) is 14.8. The lowest BCUT2D eigenvalue weighted by Gasteiger charge is -2.13. The van der Waals surface area contributed by atoms with E-state index in [1.807, 2.05) is 28.8 Å². The second kappa shape index (κ2) is 12.2. The molecule has 1 saturated carbocycles. The first-order valence-electron chi connectivity index (χ1n) is 13.0. The van der Waals surface area contributed by atoms with Crippen LogP contribution in [0.15, 0.2) is 42.1 Å². The van der Waals surface area contributed by atoms with Crippen LogP contribution in [0.3, 0.4) is 0 Å². The van der Waals surface area contributed by atoms with Gasteiger partial charge in [-0.2, -0.15) is 0 Å². The number of fused-ring (bicyclic) bond motifs is 1. The Balaban J connectivity index is 1.27. The zero-order chi connectivity index (χ0) is 26.5. The van der Waals surface area contributed by atoms with Crippen molar-refractivity contribution < 1.29 is 19.1 Å². The van der Waals surface area contributed by atoms with E-state index in [1.54, 1.807) is 6.08 Å². The number of thiophene rings is 1. The molecule has 2 aromatic heterocycles. The number of rotatable bonds is 10. The molecule has 1 N–H and O–H groups in total. The first kappa shape index (κ1) is 26.5. The van der Waals surface area contributed by atoms with Crippen LogP contribution in [0.4, 0.5) is 5.00 Å². The molecule has 0 atom stereocenters. The molecule has 0 radical (unpaired) electrons. The molecule has 38 heavy (non-hydrogen) atoms. The lowest BCUT2D eigenvalue weighted by molar-refractivity contribution is -0.113. The number of amides is 1. The number of esters is 1. The summed E-state index contributed by atoms with van der Waals surface area (Å²) in [4.78, 5) is 26.6. The number of carbonyl (C=O) groups is 2. The van der Waals surface area contributed by atoms with E-state index >= 15 is 0 Å². The van der Waals surface area contributed by atoms with Crippen LogP contribution in [-0.4, -0.2) is 45.6 Å². The van der Waals surface area contributed by atoms with Gasteiger partial charge in [-0.3, -0.25) is 9.36 Å². The van der Waals surface area contributed by atoms with Crippen LogP contribution in [0.25, 0.3) is 11.4 Å². The van der Waals surface area contributed by atoms with Crippen LogP contribution in [0, 0.1) is 0 Å². The molecule has 0 saturated heterocycles. The SMILES string of the molecule is C=CCn1c(SCC(=O)Nc2sc3c(c2C(=O)OC)CCCC3)nnc1-c1ccc(OC2CCCC2)cc1. The van der Waals surface area contributed by atoms with E-state index in [1.165, 1.54) is 43.1 Å². The van der Waals surface area contributed by atoms with E-state index in [-0.39, 0.29) is 11.7 Å². The van der Waals surface area contributed by atoms with Gasteiger partial charge in [0.25, 0.3) is 0 Å². The van der Waals surface area contributed by atoms with Crippen molar-refractivity contribution in [2.24, 2.45) is 0 Å². The average Bonchev–Trinajstić information content (AvgIpc) is 3.67. The Bertz CT molecular complexity index is 1310. The minimum atomic E-state index is -0.401. The summed E-state index contributed by atoms with van der Waals surface area (Å²) in [6.45, 7) is 4.38. The van der Waals surface area contributed by atoms with Crippen LogP contribution in [0.1, 0.15) is 59.3 Å². The maximum Gasteiger partial charge on any atom is 0.341 e. The number of allylic oxidation sites excluding steroid dienone is 1. The van der Waals surface area contributed by atoms with Crippen molar-refractivity contribution in [3.63, 3.8) is 0 Å². The van der Waals surface area contributed by atoms with Crippen molar-refractivity contribution in [1.29, 1.82) is 0 Å². The molecular weight excluding hydrogens is 520 g/mol. The highest BCUT2D eigenvalue weighted by atomic mass is 32.2. The third-order valence-corrected chi connectivity index (χ3v) is 9.07. The smallest absolute Gasteiger partial charge is 0.341 e. The fraction of sp³-hybridized carbons (Fsp3) is 0.429. The van der Waals surface area contributed by atoms with Gasteiger partial charge in [-0.05, 0) is 81.2 Å². The van der Waals surface area contributed by atoms with Crippen LogP contribution < -0.4 is 10.1 Å². The minimum absolute atomic E-state index is 0.132. The van der Waals surface area contributed by atoms with Gasteiger partial charge >= 0.3 is 5.97 Å². The van der Waals surface area contributed by atoms with Crippen molar-refractivity contribution >= 4 is 40.0 Å². The summed E-state index contributed by atoms with van der Waals surface area (Å²) in [6.07, 6.45) is 10.7. The Morgan fingerprint density at radius 2 is 1.92 bits per heavy atom. The van der Waals surface area contributed by atoms with Crippen molar-refractivity contribution in [1.82, 2.24) is 14.8 Å². The molecule has 0 aliphatic heterocycles. The Hall–Kier alpha value is -3.11. The number of nitrogens with one attached hydrogen (secondary N) is 1. The van der Waals surface area contributed by atoms with Gasteiger partial charge in [0.15, 0.2) is 11.0 Å². The average molecular weight is 553 g/mol. The largest absolute Gasteiger partial charge is 0.490 e. The van der Waals surface area contributed by atoms with Gasteiger partial charge in [-0.15, -0.1) is 28.1 Å². The molecule has 5 rings (SSSR count). The number of thioether (sulfide) groups is 1. The van der Waals surface area contributed by atoms with E-state index in [4.69, 9.17) is 9.47 Å². The number of carbonyl (C=O) groups excluding carboxylic acids is 2. The number of aryl methyl sites for hydroxylation is 1.